The van der Waals surface area contributed by atoms with E-state index in [0.29, 0.717) is 33.4 Å². The first-order valence-corrected chi connectivity index (χ1v) is 8.75. The normalized spacial score (nSPS) is 10.3. The molecule has 9 heteroatoms. The van der Waals surface area contributed by atoms with E-state index in [4.69, 9.17) is 10.00 Å². The average Bonchev–Trinajstić information content (AvgIpc) is 3.04. The van der Waals surface area contributed by atoms with E-state index in [1.807, 2.05) is 6.92 Å². The van der Waals surface area contributed by atoms with Crippen molar-refractivity contribution in [1.29, 1.82) is 5.26 Å². The molecular weight excluding hydrogens is 348 g/mol. The number of nitriles is 1. The first kappa shape index (κ1) is 18.0. The van der Waals surface area contributed by atoms with Crippen LogP contribution in [0.5, 0.6) is 0 Å². The SMILES string of the molecule is COC(=O)c1c(C)[nH]c(C(=O)Nc2nc(C)c(SCC#N)s2)c1C. The van der Waals surface area contributed by atoms with Crippen LogP contribution in [0.25, 0.3) is 0 Å². The minimum atomic E-state index is -0.486. The van der Waals surface area contributed by atoms with Crippen molar-refractivity contribution in [2.45, 2.75) is 25.0 Å². The van der Waals surface area contributed by atoms with Gasteiger partial charge in [0.05, 0.1) is 34.4 Å². The summed E-state index contributed by atoms with van der Waals surface area (Å²) in [6.07, 6.45) is 0. The number of nitrogens with zero attached hydrogens (tertiary/aromatic N) is 2. The smallest absolute Gasteiger partial charge is 0.339 e. The predicted octanol–water partition coefficient (Wildman–Crippen LogP) is 3.05. The maximum atomic E-state index is 12.5. The summed E-state index contributed by atoms with van der Waals surface area (Å²) < 4.78 is 5.63. The highest BCUT2D eigenvalue weighted by Gasteiger charge is 2.23. The third-order valence-corrected chi connectivity index (χ3v) is 5.60. The van der Waals surface area contributed by atoms with Crippen LogP contribution in [0, 0.1) is 32.1 Å². The molecule has 2 aromatic heterocycles. The summed E-state index contributed by atoms with van der Waals surface area (Å²) in [7, 11) is 1.30. The first-order chi connectivity index (χ1) is 11.4. The third-order valence-electron chi connectivity index (χ3n) is 3.30. The van der Waals surface area contributed by atoms with Crippen molar-refractivity contribution in [1.82, 2.24) is 9.97 Å². The van der Waals surface area contributed by atoms with Crippen LogP contribution in [0.4, 0.5) is 5.13 Å². The number of carbonyl (C=O) groups excluding carboxylic acids is 2. The molecule has 0 saturated carbocycles. The Morgan fingerprint density at radius 2 is 2.12 bits per heavy atom. The van der Waals surface area contributed by atoms with E-state index in [1.165, 1.54) is 30.2 Å². The van der Waals surface area contributed by atoms with Gasteiger partial charge in [0, 0.05) is 5.69 Å². The molecule has 126 valence electrons. The van der Waals surface area contributed by atoms with Crippen LogP contribution in [0.15, 0.2) is 4.21 Å². The molecule has 7 nitrogen and oxygen atoms in total. The third kappa shape index (κ3) is 3.60. The number of thiazole rings is 1. The predicted molar refractivity (Wildman–Crippen MR) is 92.7 cm³/mol. The molecule has 0 fully saturated rings. The first-order valence-electron chi connectivity index (χ1n) is 6.95. The molecule has 0 radical (unpaired) electrons. The molecule has 2 aromatic rings. The number of esters is 1. The van der Waals surface area contributed by atoms with E-state index < -0.39 is 5.97 Å². The molecule has 0 aliphatic heterocycles. The molecule has 0 atom stereocenters. The maximum Gasteiger partial charge on any atom is 0.339 e. The van der Waals surface area contributed by atoms with Gasteiger partial charge in [-0.2, -0.15) is 5.26 Å². The Kier molecular flexibility index (Phi) is 5.64. The van der Waals surface area contributed by atoms with Crippen LogP contribution in [0.1, 0.15) is 37.8 Å². The average molecular weight is 364 g/mol. The van der Waals surface area contributed by atoms with Crippen LogP contribution in [-0.2, 0) is 4.74 Å². The molecule has 0 unspecified atom stereocenters. The van der Waals surface area contributed by atoms with Crippen molar-refractivity contribution in [3.05, 3.63) is 28.2 Å². The van der Waals surface area contributed by atoms with Crippen molar-refractivity contribution in [2.24, 2.45) is 0 Å². The lowest BCUT2D eigenvalue weighted by molar-refractivity contribution is 0.0599. The fourth-order valence-electron chi connectivity index (χ4n) is 2.21. The van der Waals surface area contributed by atoms with Crippen LogP contribution >= 0.6 is 23.1 Å². The number of hydrogen-bond acceptors (Lipinski definition) is 7. The fourth-order valence-corrected chi connectivity index (χ4v) is 4.01. The highest BCUT2D eigenvalue weighted by molar-refractivity contribution is 8.01. The second kappa shape index (κ2) is 7.51. The molecule has 24 heavy (non-hydrogen) atoms. The number of anilines is 1. The molecular formula is C15H16N4O3S2. The number of aromatic nitrogens is 2. The lowest BCUT2D eigenvalue weighted by Crippen LogP contribution is -2.14. The van der Waals surface area contributed by atoms with Crippen LogP contribution < -0.4 is 5.32 Å². The summed E-state index contributed by atoms with van der Waals surface area (Å²) in [5.41, 5.74) is 2.54. The van der Waals surface area contributed by atoms with E-state index in [1.54, 1.807) is 13.8 Å². The Balaban J connectivity index is 2.22. The van der Waals surface area contributed by atoms with Gasteiger partial charge in [-0.25, -0.2) is 9.78 Å². The van der Waals surface area contributed by atoms with Gasteiger partial charge in [-0.15, -0.1) is 0 Å². The summed E-state index contributed by atoms with van der Waals surface area (Å²) in [6.45, 7) is 5.22. The van der Waals surface area contributed by atoms with Gasteiger partial charge in [0.2, 0.25) is 0 Å². The molecule has 0 spiro atoms. The number of nitrogens with one attached hydrogen (secondary N) is 2. The lowest BCUT2D eigenvalue weighted by Gasteiger charge is -2.01. The van der Waals surface area contributed by atoms with Gasteiger partial charge in [-0.1, -0.05) is 23.1 Å². The number of ether oxygens (including phenoxy) is 1. The lowest BCUT2D eigenvalue weighted by atomic mass is 10.1. The van der Waals surface area contributed by atoms with E-state index in [-0.39, 0.29) is 5.91 Å². The summed E-state index contributed by atoms with van der Waals surface area (Å²) in [5, 5.41) is 11.8. The maximum absolute atomic E-state index is 12.5. The number of thioether (sulfide) groups is 1. The summed E-state index contributed by atoms with van der Waals surface area (Å²) in [6, 6.07) is 2.06. The van der Waals surface area contributed by atoms with E-state index in [2.05, 4.69) is 21.4 Å². The van der Waals surface area contributed by atoms with Crippen LogP contribution in [-0.4, -0.2) is 34.7 Å². The van der Waals surface area contributed by atoms with Crippen molar-refractivity contribution in [3.8, 4) is 6.07 Å². The van der Waals surface area contributed by atoms with Crippen molar-refractivity contribution < 1.29 is 14.3 Å². The van der Waals surface area contributed by atoms with Gasteiger partial charge in [-0.3, -0.25) is 10.1 Å². The highest BCUT2D eigenvalue weighted by atomic mass is 32.2. The Hall–Kier alpha value is -2.31. The van der Waals surface area contributed by atoms with Crippen LogP contribution in [0.2, 0.25) is 0 Å². The van der Waals surface area contributed by atoms with Gasteiger partial charge in [0.25, 0.3) is 5.91 Å². The summed E-state index contributed by atoms with van der Waals surface area (Å²) >= 11 is 2.70. The van der Waals surface area contributed by atoms with Gasteiger partial charge >= 0.3 is 5.97 Å². The Morgan fingerprint density at radius 1 is 1.42 bits per heavy atom. The number of hydrogen-bond donors (Lipinski definition) is 2. The van der Waals surface area contributed by atoms with Crippen LogP contribution in [0.3, 0.4) is 0 Å². The Labute approximate surface area is 147 Å². The van der Waals surface area contributed by atoms with Gasteiger partial charge in [0.1, 0.15) is 5.69 Å². The Bertz CT molecular complexity index is 833. The molecule has 2 rings (SSSR count). The number of aryl methyl sites for hydroxylation is 2. The van der Waals surface area contributed by atoms with Crippen molar-refractivity contribution in [3.63, 3.8) is 0 Å². The van der Waals surface area contributed by atoms with Gasteiger partial charge < -0.3 is 9.72 Å². The molecule has 2 N–H and O–H groups in total. The topological polar surface area (TPSA) is 108 Å². The molecule has 0 aromatic carbocycles. The fraction of sp³-hybridized carbons (Fsp3) is 0.333. The minimum absolute atomic E-state index is 0.298. The Morgan fingerprint density at radius 3 is 2.75 bits per heavy atom. The van der Waals surface area contributed by atoms with E-state index in [0.717, 1.165) is 9.90 Å². The monoisotopic (exact) mass is 364 g/mol. The zero-order valence-electron chi connectivity index (χ0n) is 13.6. The van der Waals surface area contributed by atoms with Gasteiger partial charge in [0.15, 0.2) is 5.13 Å². The van der Waals surface area contributed by atoms with Crippen molar-refractivity contribution >= 4 is 40.1 Å². The molecule has 0 saturated heterocycles. The second-order valence-electron chi connectivity index (χ2n) is 4.91. The summed E-state index contributed by atoms with van der Waals surface area (Å²) in [4.78, 5) is 31.5. The standard InChI is InChI=1S/C15H16N4O3S2/c1-7-10(13(21)22-4)8(2)17-11(7)12(20)19-15-18-9(3)14(24-15)23-6-5-16/h17H,6H2,1-4H3,(H,18,19,20). The van der Waals surface area contributed by atoms with Crippen molar-refractivity contribution in [2.75, 3.05) is 18.2 Å². The van der Waals surface area contributed by atoms with E-state index >= 15 is 0 Å². The van der Waals surface area contributed by atoms with Gasteiger partial charge in [-0.05, 0) is 26.3 Å². The molecule has 0 bridgehead atoms. The minimum Gasteiger partial charge on any atom is -0.465 e. The number of aromatic amines is 1. The van der Waals surface area contributed by atoms with E-state index in [9.17, 15) is 9.59 Å². The molecule has 0 aliphatic rings. The molecule has 2 heterocycles. The zero-order valence-corrected chi connectivity index (χ0v) is 15.3. The highest BCUT2D eigenvalue weighted by Crippen LogP contribution is 2.32. The molecule has 1 amide bonds. The number of rotatable bonds is 5. The molecule has 0 aliphatic carbocycles. The second-order valence-corrected chi connectivity index (χ2v) is 7.15. The largest absolute Gasteiger partial charge is 0.465 e. The summed E-state index contributed by atoms with van der Waals surface area (Å²) in [5.74, 6) is -0.537. The number of amides is 1. The quantitative estimate of drug-likeness (QED) is 0.623. The number of H-pyrrole nitrogens is 1. The zero-order chi connectivity index (χ0) is 17.9. The number of methoxy groups -OCH3 is 1. The number of carbonyl (C=O) groups is 2.